The summed E-state index contributed by atoms with van der Waals surface area (Å²) >= 11 is 5.97. The first-order chi connectivity index (χ1) is 13.5. The van der Waals surface area contributed by atoms with Crippen molar-refractivity contribution < 1.29 is 13.9 Å². The molecule has 0 saturated carbocycles. The Bertz CT molecular complexity index is 858. The zero-order valence-corrected chi connectivity index (χ0v) is 16.6. The molecule has 2 saturated heterocycles. The summed E-state index contributed by atoms with van der Waals surface area (Å²) in [6.45, 7) is 3.99. The number of aryl methyl sites for hydroxylation is 1. The van der Waals surface area contributed by atoms with Crippen LogP contribution in [0.25, 0.3) is 0 Å². The molecule has 148 valence electrons. The van der Waals surface area contributed by atoms with Gasteiger partial charge in [0.1, 0.15) is 5.82 Å². The first kappa shape index (κ1) is 19.4. The minimum absolute atomic E-state index is 0.0264. The van der Waals surface area contributed by atoms with Crippen molar-refractivity contribution in [2.45, 2.75) is 38.0 Å². The molecule has 1 amide bonds. The number of hydrogen-bond acceptors (Lipinski definition) is 3. The number of ether oxygens (including phenoxy) is 1. The number of hydrogen-bond donors (Lipinski definition) is 1. The van der Waals surface area contributed by atoms with Crippen LogP contribution in [0.15, 0.2) is 42.5 Å². The second kappa shape index (κ2) is 8.19. The van der Waals surface area contributed by atoms with Crippen molar-refractivity contribution in [3.8, 4) is 0 Å². The number of nitrogens with zero attached hydrogens (tertiary/aromatic N) is 1. The van der Waals surface area contributed by atoms with Crippen LogP contribution in [-0.2, 0) is 16.0 Å². The van der Waals surface area contributed by atoms with Crippen LogP contribution in [0.4, 0.5) is 4.39 Å². The molecule has 2 aromatic carbocycles. The van der Waals surface area contributed by atoms with Crippen LogP contribution in [0.3, 0.4) is 0 Å². The van der Waals surface area contributed by atoms with Crippen LogP contribution < -0.4 is 5.32 Å². The van der Waals surface area contributed by atoms with Crippen LogP contribution >= 0.6 is 11.6 Å². The molecule has 0 bridgehead atoms. The maximum atomic E-state index is 13.7. The Hall–Kier alpha value is -1.95. The molecular weight excluding hydrogens is 379 g/mol. The van der Waals surface area contributed by atoms with E-state index in [1.165, 1.54) is 6.07 Å². The van der Waals surface area contributed by atoms with Crippen LogP contribution in [0.1, 0.15) is 29.2 Å². The fraction of sp³-hybridized carbons (Fsp3) is 0.409. The van der Waals surface area contributed by atoms with Gasteiger partial charge in [-0.25, -0.2) is 4.39 Å². The van der Waals surface area contributed by atoms with Crippen molar-refractivity contribution >= 4 is 17.5 Å². The highest BCUT2D eigenvalue weighted by atomic mass is 35.5. The van der Waals surface area contributed by atoms with Gasteiger partial charge in [0.25, 0.3) is 0 Å². The molecule has 2 aliphatic heterocycles. The molecular formula is C22H24ClFN2O2. The average molecular weight is 403 g/mol. The fourth-order valence-corrected chi connectivity index (χ4v) is 4.19. The van der Waals surface area contributed by atoms with Gasteiger partial charge in [-0.2, -0.15) is 0 Å². The molecule has 0 radical (unpaired) electrons. The first-order valence-electron chi connectivity index (χ1n) is 9.63. The Morgan fingerprint density at radius 1 is 1.25 bits per heavy atom. The molecule has 1 N–H and O–H groups in total. The summed E-state index contributed by atoms with van der Waals surface area (Å²) in [5.41, 5.74) is 2.41. The average Bonchev–Trinajstić information content (AvgIpc) is 3.06. The number of amides is 1. The Morgan fingerprint density at radius 2 is 2.04 bits per heavy atom. The largest absolute Gasteiger partial charge is 0.371 e. The summed E-state index contributed by atoms with van der Waals surface area (Å²) < 4.78 is 19.7. The molecule has 28 heavy (non-hydrogen) atoms. The van der Waals surface area contributed by atoms with E-state index in [9.17, 15) is 9.18 Å². The topological polar surface area (TPSA) is 41.6 Å². The summed E-state index contributed by atoms with van der Waals surface area (Å²) in [6, 6.07) is 13.2. The summed E-state index contributed by atoms with van der Waals surface area (Å²) in [4.78, 5) is 14.8. The maximum absolute atomic E-state index is 13.7. The Labute approximate surface area is 169 Å². The van der Waals surface area contributed by atoms with Gasteiger partial charge in [0.15, 0.2) is 0 Å². The summed E-state index contributed by atoms with van der Waals surface area (Å²) in [7, 11) is 0. The fourth-order valence-electron chi connectivity index (χ4n) is 4.07. The van der Waals surface area contributed by atoms with E-state index in [1.54, 1.807) is 19.1 Å². The first-order valence-corrected chi connectivity index (χ1v) is 10.0. The number of morpholine rings is 1. The van der Waals surface area contributed by atoms with Crippen LogP contribution in [0.2, 0.25) is 5.02 Å². The van der Waals surface area contributed by atoms with Crippen molar-refractivity contribution in [1.29, 1.82) is 0 Å². The van der Waals surface area contributed by atoms with Crippen molar-refractivity contribution in [2.75, 3.05) is 19.7 Å². The molecule has 2 fully saturated rings. The lowest BCUT2D eigenvalue weighted by molar-refractivity contribution is -0.121. The zero-order valence-electron chi connectivity index (χ0n) is 15.8. The monoisotopic (exact) mass is 402 g/mol. The molecule has 3 atom stereocenters. The quantitative estimate of drug-likeness (QED) is 0.848. The minimum atomic E-state index is -0.270. The number of fused-ring (bicyclic) bond motifs is 1. The van der Waals surface area contributed by atoms with Crippen LogP contribution in [-0.4, -0.2) is 42.6 Å². The third kappa shape index (κ3) is 4.37. The molecule has 4 rings (SSSR count). The number of benzene rings is 2. The molecule has 6 heteroatoms. The number of carbonyl (C=O) groups excluding carboxylic acids is 1. The van der Waals surface area contributed by atoms with E-state index >= 15 is 0 Å². The van der Waals surface area contributed by atoms with Crippen molar-refractivity contribution in [1.82, 2.24) is 10.2 Å². The molecule has 2 aliphatic rings. The number of halogens is 2. The van der Waals surface area contributed by atoms with Gasteiger partial charge >= 0.3 is 0 Å². The lowest BCUT2D eigenvalue weighted by Crippen LogP contribution is -2.43. The Balaban J connectivity index is 1.31. The highest BCUT2D eigenvalue weighted by Crippen LogP contribution is 2.30. The highest BCUT2D eigenvalue weighted by Gasteiger charge is 2.38. The number of nitrogens with one attached hydrogen (secondary N) is 1. The summed E-state index contributed by atoms with van der Waals surface area (Å²) in [5, 5.41) is 3.82. The SMILES string of the molecule is Cc1ccc(CC(=O)N[C@@H]2C[C@H]3CO[C@@H](c4ccc(Cl)cc4)CN3C2)cc1F. The smallest absolute Gasteiger partial charge is 0.224 e. The van der Waals surface area contributed by atoms with Crippen LogP contribution in [0, 0.1) is 12.7 Å². The van der Waals surface area contributed by atoms with E-state index in [0.29, 0.717) is 23.8 Å². The lowest BCUT2D eigenvalue weighted by Gasteiger charge is -2.35. The molecule has 4 nitrogen and oxygen atoms in total. The van der Waals surface area contributed by atoms with E-state index < -0.39 is 0 Å². The second-order valence-electron chi connectivity index (χ2n) is 7.74. The van der Waals surface area contributed by atoms with Gasteiger partial charge in [0, 0.05) is 30.2 Å². The molecule has 2 aromatic rings. The normalized spacial score (nSPS) is 24.8. The van der Waals surface area contributed by atoms with Gasteiger partial charge in [-0.15, -0.1) is 0 Å². The van der Waals surface area contributed by atoms with Gasteiger partial charge in [0.2, 0.25) is 5.91 Å². The molecule has 0 aliphatic carbocycles. The molecule has 0 aromatic heterocycles. The summed E-state index contributed by atoms with van der Waals surface area (Å²) in [6.07, 6.45) is 1.10. The van der Waals surface area contributed by atoms with Gasteiger partial charge in [-0.1, -0.05) is 35.9 Å². The third-order valence-electron chi connectivity index (χ3n) is 5.63. The van der Waals surface area contributed by atoms with Crippen molar-refractivity contribution in [2.24, 2.45) is 0 Å². The number of rotatable bonds is 4. The molecule has 2 heterocycles. The van der Waals surface area contributed by atoms with E-state index in [4.69, 9.17) is 16.3 Å². The van der Waals surface area contributed by atoms with E-state index in [0.717, 1.165) is 30.1 Å². The number of carbonyl (C=O) groups is 1. The Kier molecular flexibility index (Phi) is 5.67. The predicted molar refractivity (Wildman–Crippen MR) is 107 cm³/mol. The van der Waals surface area contributed by atoms with Gasteiger partial charge in [-0.3, -0.25) is 9.69 Å². The minimum Gasteiger partial charge on any atom is -0.371 e. The van der Waals surface area contributed by atoms with Gasteiger partial charge in [-0.05, 0) is 48.2 Å². The standard InChI is InChI=1S/C22H24ClFN2O2/c1-14-2-3-15(8-20(14)24)9-22(27)25-18-10-19-13-28-21(12-26(19)11-18)16-4-6-17(23)7-5-16/h2-8,18-19,21H,9-13H2,1H3,(H,25,27)/t18-,19+,21-/m1/s1. The van der Waals surface area contributed by atoms with Crippen molar-refractivity contribution in [3.05, 3.63) is 70.0 Å². The predicted octanol–water partition coefficient (Wildman–Crippen LogP) is 3.66. The molecule has 0 unspecified atom stereocenters. The lowest BCUT2D eigenvalue weighted by atomic mass is 10.1. The van der Waals surface area contributed by atoms with Gasteiger partial charge in [0.05, 0.1) is 19.1 Å². The zero-order chi connectivity index (χ0) is 19.7. The second-order valence-corrected chi connectivity index (χ2v) is 8.18. The van der Waals surface area contributed by atoms with E-state index in [1.807, 2.05) is 24.3 Å². The van der Waals surface area contributed by atoms with Gasteiger partial charge < -0.3 is 10.1 Å². The van der Waals surface area contributed by atoms with E-state index in [-0.39, 0.29) is 30.3 Å². The van der Waals surface area contributed by atoms with Crippen LogP contribution in [0.5, 0.6) is 0 Å². The highest BCUT2D eigenvalue weighted by molar-refractivity contribution is 6.30. The van der Waals surface area contributed by atoms with Crippen molar-refractivity contribution in [3.63, 3.8) is 0 Å². The summed E-state index contributed by atoms with van der Waals surface area (Å²) in [5.74, 6) is -0.336. The molecule has 0 spiro atoms. The van der Waals surface area contributed by atoms with E-state index in [2.05, 4.69) is 10.2 Å². The third-order valence-corrected chi connectivity index (χ3v) is 5.88. The Morgan fingerprint density at radius 3 is 2.79 bits per heavy atom. The maximum Gasteiger partial charge on any atom is 0.224 e.